The molecule has 0 aliphatic rings. The molecule has 0 aliphatic heterocycles. The topological polar surface area (TPSA) is 46.5 Å². The summed E-state index contributed by atoms with van der Waals surface area (Å²) < 4.78 is 5.57. The summed E-state index contributed by atoms with van der Waals surface area (Å²) in [5, 5.41) is 8.47. The maximum atomic E-state index is 10.4. The molecule has 0 heterocycles. The highest BCUT2D eigenvalue weighted by molar-refractivity contribution is 9.10. The van der Waals surface area contributed by atoms with E-state index in [9.17, 15) is 4.79 Å². The van der Waals surface area contributed by atoms with Gasteiger partial charge in [0.25, 0.3) is 0 Å². The largest absolute Gasteiger partial charge is 0.511 e. The van der Waals surface area contributed by atoms with E-state index < -0.39 is 6.16 Å². The lowest BCUT2D eigenvalue weighted by Gasteiger charge is -1.99. The van der Waals surface area contributed by atoms with E-state index in [1.54, 1.807) is 24.3 Å². The Bertz CT molecular complexity index is 586. The Morgan fingerprint density at radius 2 is 1.42 bits per heavy atom. The van der Waals surface area contributed by atoms with E-state index >= 15 is 0 Å². The second kappa shape index (κ2) is 6.20. The molecule has 1 N–H and O–H groups in total. The molecule has 2 rings (SSSR count). The molecular formula is C15H11BrO3. The van der Waals surface area contributed by atoms with E-state index in [-0.39, 0.29) is 0 Å². The zero-order valence-electron chi connectivity index (χ0n) is 9.92. The highest BCUT2D eigenvalue weighted by Gasteiger charge is 1.99. The van der Waals surface area contributed by atoms with Crippen LogP contribution >= 0.6 is 15.9 Å². The summed E-state index contributed by atoms with van der Waals surface area (Å²) in [5.74, 6) is 0.313. The number of hydrogen-bond donors (Lipinski definition) is 1. The molecule has 3 nitrogen and oxygen atoms in total. The lowest BCUT2D eigenvalue weighted by atomic mass is 10.1. The molecule has 0 fully saturated rings. The zero-order chi connectivity index (χ0) is 13.7. The Balaban J connectivity index is 2.06. The van der Waals surface area contributed by atoms with E-state index in [4.69, 9.17) is 5.11 Å². The summed E-state index contributed by atoms with van der Waals surface area (Å²) >= 11 is 3.38. The molecule has 0 amide bonds. The first-order valence-electron chi connectivity index (χ1n) is 5.58. The molecule has 0 spiro atoms. The maximum absolute atomic E-state index is 10.4. The molecule has 0 radical (unpaired) electrons. The summed E-state index contributed by atoms with van der Waals surface area (Å²) in [7, 11) is 0. The number of hydrogen-bond acceptors (Lipinski definition) is 2. The van der Waals surface area contributed by atoms with Crippen molar-refractivity contribution < 1.29 is 14.6 Å². The molecule has 0 aromatic heterocycles. The van der Waals surface area contributed by atoms with Crippen molar-refractivity contribution >= 4 is 34.2 Å². The van der Waals surface area contributed by atoms with Crippen molar-refractivity contribution in [1.29, 1.82) is 0 Å². The first kappa shape index (κ1) is 13.4. The lowest BCUT2D eigenvalue weighted by molar-refractivity contribution is 0.144. The first-order chi connectivity index (χ1) is 9.13. The van der Waals surface area contributed by atoms with Crippen LogP contribution in [0.5, 0.6) is 5.75 Å². The highest BCUT2D eigenvalue weighted by atomic mass is 79.9. The van der Waals surface area contributed by atoms with Gasteiger partial charge in [-0.25, -0.2) is 4.79 Å². The molecule has 19 heavy (non-hydrogen) atoms. The molecule has 4 heteroatoms. The van der Waals surface area contributed by atoms with Crippen LogP contribution in [0.25, 0.3) is 12.2 Å². The third-order valence-electron chi connectivity index (χ3n) is 2.42. The van der Waals surface area contributed by atoms with E-state index in [2.05, 4.69) is 20.7 Å². The summed E-state index contributed by atoms with van der Waals surface area (Å²) in [6.45, 7) is 0. The van der Waals surface area contributed by atoms with Crippen LogP contribution < -0.4 is 4.74 Å². The summed E-state index contributed by atoms with van der Waals surface area (Å²) in [6, 6.07) is 14.8. The van der Waals surface area contributed by atoms with Crippen LogP contribution in [-0.2, 0) is 0 Å². The van der Waals surface area contributed by atoms with Gasteiger partial charge in [0.1, 0.15) is 5.75 Å². The van der Waals surface area contributed by atoms with Crippen molar-refractivity contribution in [2.45, 2.75) is 0 Å². The Hall–Kier alpha value is -2.07. The van der Waals surface area contributed by atoms with E-state index in [1.807, 2.05) is 36.4 Å². The van der Waals surface area contributed by atoms with Gasteiger partial charge in [-0.15, -0.1) is 0 Å². The molecule has 2 aromatic carbocycles. The van der Waals surface area contributed by atoms with E-state index in [0.29, 0.717) is 5.75 Å². The second-order valence-electron chi connectivity index (χ2n) is 3.82. The summed E-state index contributed by atoms with van der Waals surface area (Å²) in [6.07, 6.45) is 2.63. The average Bonchev–Trinajstić information content (AvgIpc) is 2.39. The third-order valence-corrected chi connectivity index (χ3v) is 2.95. The number of carbonyl (C=O) groups is 1. The van der Waals surface area contributed by atoms with Crippen molar-refractivity contribution in [2.24, 2.45) is 0 Å². The van der Waals surface area contributed by atoms with Gasteiger partial charge in [-0.3, -0.25) is 0 Å². The Labute approximate surface area is 119 Å². The van der Waals surface area contributed by atoms with Gasteiger partial charge in [-0.05, 0) is 35.4 Å². The lowest BCUT2D eigenvalue weighted by Crippen LogP contribution is -2.02. The number of ether oxygens (including phenoxy) is 1. The molecule has 0 aliphatic carbocycles. The normalized spacial score (nSPS) is 10.6. The van der Waals surface area contributed by atoms with Crippen LogP contribution in [0.1, 0.15) is 11.1 Å². The predicted octanol–water partition coefficient (Wildman–Crippen LogP) is 4.68. The Morgan fingerprint density at radius 3 is 1.89 bits per heavy atom. The average molecular weight is 319 g/mol. The first-order valence-corrected chi connectivity index (χ1v) is 6.37. The van der Waals surface area contributed by atoms with Gasteiger partial charge in [0.15, 0.2) is 0 Å². The molecular weight excluding hydrogens is 308 g/mol. The van der Waals surface area contributed by atoms with Gasteiger partial charge < -0.3 is 9.84 Å². The molecule has 2 aromatic rings. The van der Waals surface area contributed by atoms with Gasteiger partial charge in [-0.2, -0.15) is 0 Å². The van der Waals surface area contributed by atoms with Crippen LogP contribution in [0, 0.1) is 0 Å². The fourth-order valence-corrected chi connectivity index (χ4v) is 1.78. The fourth-order valence-electron chi connectivity index (χ4n) is 1.51. The third kappa shape index (κ3) is 4.26. The van der Waals surface area contributed by atoms with Crippen molar-refractivity contribution in [2.75, 3.05) is 0 Å². The zero-order valence-corrected chi connectivity index (χ0v) is 11.5. The van der Waals surface area contributed by atoms with Crippen molar-refractivity contribution in [3.8, 4) is 5.75 Å². The van der Waals surface area contributed by atoms with Crippen LogP contribution in [0.4, 0.5) is 4.79 Å². The van der Waals surface area contributed by atoms with Crippen LogP contribution in [-0.4, -0.2) is 11.3 Å². The molecule has 0 bridgehead atoms. The summed E-state index contributed by atoms with van der Waals surface area (Å²) in [4.78, 5) is 10.4. The number of halogens is 1. The number of benzene rings is 2. The fraction of sp³-hybridized carbons (Fsp3) is 0. The van der Waals surface area contributed by atoms with Gasteiger partial charge >= 0.3 is 6.16 Å². The Kier molecular flexibility index (Phi) is 4.36. The minimum absolute atomic E-state index is 0.313. The number of rotatable bonds is 3. The van der Waals surface area contributed by atoms with Crippen LogP contribution in [0.2, 0.25) is 0 Å². The van der Waals surface area contributed by atoms with Crippen molar-refractivity contribution in [1.82, 2.24) is 0 Å². The van der Waals surface area contributed by atoms with Crippen molar-refractivity contribution in [3.05, 3.63) is 64.1 Å². The van der Waals surface area contributed by atoms with E-state index in [1.165, 1.54) is 0 Å². The maximum Gasteiger partial charge on any atom is 0.511 e. The molecule has 0 saturated heterocycles. The van der Waals surface area contributed by atoms with Gasteiger partial charge in [-0.1, -0.05) is 52.3 Å². The van der Waals surface area contributed by atoms with Crippen LogP contribution in [0.15, 0.2) is 53.0 Å². The van der Waals surface area contributed by atoms with Crippen molar-refractivity contribution in [3.63, 3.8) is 0 Å². The minimum atomic E-state index is -1.31. The van der Waals surface area contributed by atoms with E-state index in [0.717, 1.165) is 15.6 Å². The Morgan fingerprint density at radius 1 is 0.947 bits per heavy atom. The monoisotopic (exact) mass is 318 g/mol. The number of carboxylic acid groups (broad SMARTS) is 1. The molecule has 0 saturated carbocycles. The molecule has 0 unspecified atom stereocenters. The van der Waals surface area contributed by atoms with Gasteiger partial charge in [0.05, 0.1) is 0 Å². The minimum Gasteiger partial charge on any atom is -0.449 e. The standard InChI is InChI=1S/C15H11BrO3/c16-13-7-3-11(4-8-13)1-2-12-5-9-14(10-6-12)19-15(17)18/h1-10H,(H,17,18). The molecule has 96 valence electrons. The quantitative estimate of drug-likeness (QED) is 0.508. The SMILES string of the molecule is O=C(O)Oc1ccc(C=Cc2ccc(Br)cc2)cc1. The van der Waals surface area contributed by atoms with Gasteiger partial charge in [0.2, 0.25) is 0 Å². The highest BCUT2D eigenvalue weighted by Crippen LogP contribution is 2.16. The smallest absolute Gasteiger partial charge is 0.449 e. The predicted molar refractivity (Wildman–Crippen MR) is 78.2 cm³/mol. The van der Waals surface area contributed by atoms with Gasteiger partial charge in [0, 0.05) is 4.47 Å². The second-order valence-corrected chi connectivity index (χ2v) is 4.74. The van der Waals surface area contributed by atoms with Crippen LogP contribution in [0.3, 0.4) is 0 Å². The molecule has 0 atom stereocenters. The summed E-state index contributed by atoms with van der Waals surface area (Å²) in [5.41, 5.74) is 2.06.